The number of ketones is 1. The highest BCUT2D eigenvalue weighted by molar-refractivity contribution is 6.08. The van der Waals surface area contributed by atoms with Crippen LogP contribution in [0.4, 0.5) is 0 Å². The van der Waals surface area contributed by atoms with Crippen molar-refractivity contribution in [2.45, 2.75) is 6.92 Å². The minimum absolute atomic E-state index is 0.0230. The number of hydrogen-bond donors (Lipinski definition) is 0. The summed E-state index contributed by atoms with van der Waals surface area (Å²) in [6.07, 6.45) is 3.19. The summed E-state index contributed by atoms with van der Waals surface area (Å²) in [6.45, 7) is 1.89. The van der Waals surface area contributed by atoms with E-state index in [9.17, 15) is 4.79 Å². The van der Waals surface area contributed by atoms with Gasteiger partial charge in [-0.25, -0.2) is 4.98 Å². The van der Waals surface area contributed by atoms with Crippen LogP contribution in [-0.4, -0.2) is 22.4 Å². The zero-order valence-electron chi connectivity index (χ0n) is 10.1. The number of aryl methyl sites for hydroxylation is 2. The van der Waals surface area contributed by atoms with E-state index in [0.717, 1.165) is 11.3 Å². The molecule has 0 saturated heterocycles. The molecule has 0 saturated carbocycles. The maximum atomic E-state index is 12.2. The number of ether oxygens (including phenoxy) is 1. The van der Waals surface area contributed by atoms with Crippen molar-refractivity contribution in [1.29, 1.82) is 0 Å². The normalized spacial score (nSPS) is 10.3. The van der Waals surface area contributed by atoms with Gasteiger partial charge in [0.2, 0.25) is 5.78 Å². The SMILES string of the molecule is COc1ccc(C(=O)c2cncn2C)c(C)c1. The summed E-state index contributed by atoms with van der Waals surface area (Å²) in [5.41, 5.74) is 2.16. The number of benzene rings is 1. The van der Waals surface area contributed by atoms with Crippen LogP contribution < -0.4 is 4.74 Å². The molecule has 0 atom stereocenters. The first-order valence-corrected chi connectivity index (χ1v) is 5.29. The highest BCUT2D eigenvalue weighted by atomic mass is 16.5. The first-order chi connectivity index (χ1) is 8.13. The Morgan fingerprint density at radius 1 is 1.41 bits per heavy atom. The number of imidazole rings is 1. The summed E-state index contributed by atoms with van der Waals surface area (Å²) in [4.78, 5) is 16.2. The van der Waals surface area contributed by atoms with E-state index in [2.05, 4.69) is 4.98 Å². The molecule has 0 aliphatic rings. The van der Waals surface area contributed by atoms with Crippen LogP contribution in [-0.2, 0) is 7.05 Å². The van der Waals surface area contributed by atoms with Crippen molar-refractivity contribution in [3.05, 3.63) is 47.5 Å². The maximum Gasteiger partial charge on any atom is 0.211 e. The van der Waals surface area contributed by atoms with Crippen molar-refractivity contribution in [3.8, 4) is 5.75 Å². The third kappa shape index (κ3) is 2.06. The lowest BCUT2D eigenvalue weighted by Gasteiger charge is -2.07. The van der Waals surface area contributed by atoms with Gasteiger partial charge < -0.3 is 9.30 Å². The summed E-state index contributed by atoms with van der Waals surface area (Å²) in [7, 11) is 3.41. The molecule has 0 amide bonds. The second-order valence-electron chi connectivity index (χ2n) is 3.90. The average Bonchev–Trinajstić information content (AvgIpc) is 2.74. The van der Waals surface area contributed by atoms with Crippen molar-refractivity contribution in [2.24, 2.45) is 7.05 Å². The lowest BCUT2D eigenvalue weighted by Crippen LogP contribution is -2.08. The number of hydrogen-bond acceptors (Lipinski definition) is 3. The van der Waals surface area contributed by atoms with Crippen LogP contribution in [0.3, 0.4) is 0 Å². The predicted molar refractivity (Wildman–Crippen MR) is 64.4 cm³/mol. The molecule has 0 aliphatic carbocycles. The van der Waals surface area contributed by atoms with Crippen LogP contribution in [0.5, 0.6) is 5.75 Å². The highest BCUT2D eigenvalue weighted by Crippen LogP contribution is 2.19. The van der Waals surface area contributed by atoms with Crippen LogP contribution in [0.2, 0.25) is 0 Å². The smallest absolute Gasteiger partial charge is 0.211 e. The molecule has 17 heavy (non-hydrogen) atoms. The third-order valence-corrected chi connectivity index (χ3v) is 2.73. The Morgan fingerprint density at radius 2 is 2.18 bits per heavy atom. The summed E-state index contributed by atoms with van der Waals surface area (Å²) in [5, 5.41) is 0. The van der Waals surface area contributed by atoms with E-state index >= 15 is 0 Å². The van der Waals surface area contributed by atoms with Gasteiger partial charge in [0.05, 0.1) is 19.6 Å². The van der Waals surface area contributed by atoms with E-state index in [-0.39, 0.29) is 5.78 Å². The topological polar surface area (TPSA) is 44.1 Å². The van der Waals surface area contributed by atoms with E-state index < -0.39 is 0 Å². The average molecular weight is 230 g/mol. The molecule has 1 aromatic carbocycles. The molecule has 4 heteroatoms. The third-order valence-electron chi connectivity index (χ3n) is 2.73. The van der Waals surface area contributed by atoms with Crippen molar-refractivity contribution >= 4 is 5.78 Å². The summed E-state index contributed by atoms with van der Waals surface area (Å²) < 4.78 is 6.83. The van der Waals surface area contributed by atoms with Gasteiger partial charge in [-0.3, -0.25) is 4.79 Å². The van der Waals surface area contributed by atoms with Crippen LogP contribution >= 0.6 is 0 Å². The fraction of sp³-hybridized carbons (Fsp3) is 0.231. The number of carbonyl (C=O) groups is 1. The predicted octanol–water partition coefficient (Wildman–Crippen LogP) is 1.97. The van der Waals surface area contributed by atoms with Gasteiger partial charge in [-0.15, -0.1) is 0 Å². The number of carbonyl (C=O) groups excluding carboxylic acids is 1. The molecular formula is C13H14N2O2. The monoisotopic (exact) mass is 230 g/mol. The van der Waals surface area contributed by atoms with Gasteiger partial charge in [-0.1, -0.05) is 0 Å². The fourth-order valence-corrected chi connectivity index (χ4v) is 1.73. The van der Waals surface area contributed by atoms with E-state index in [4.69, 9.17) is 4.74 Å². The summed E-state index contributed by atoms with van der Waals surface area (Å²) in [6, 6.07) is 5.42. The van der Waals surface area contributed by atoms with Crippen LogP contribution in [0, 0.1) is 6.92 Å². The maximum absolute atomic E-state index is 12.2. The number of aromatic nitrogens is 2. The Bertz CT molecular complexity index is 558. The van der Waals surface area contributed by atoms with E-state index in [1.165, 1.54) is 0 Å². The lowest BCUT2D eigenvalue weighted by molar-refractivity contribution is 0.103. The zero-order valence-corrected chi connectivity index (χ0v) is 10.1. The van der Waals surface area contributed by atoms with Crippen LogP contribution in [0.1, 0.15) is 21.6 Å². The van der Waals surface area contributed by atoms with Gasteiger partial charge in [0.15, 0.2) is 0 Å². The molecule has 0 radical (unpaired) electrons. The van der Waals surface area contributed by atoms with Gasteiger partial charge in [0.25, 0.3) is 0 Å². The first-order valence-electron chi connectivity index (χ1n) is 5.29. The van der Waals surface area contributed by atoms with Gasteiger partial charge in [-0.05, 0) is 30.7 Å². The molecule has 0 aliphatic heterocycles. The standard InChI is InChI=1S/C13H14N2O2/c1-9-6-10(17-3)4-5-11(9)13(16)12-7-14-8-15(12)2/h4-8H,1-3H3. The highest BCUT2D eigenvalue weighted by Gasteiger charge is 2.15. The molecule has 0 fully saturated rings. The molecule has 1 heterocycles. The minimum atomic E-state index is -0.0230. The van der Waals surface area contributed by atoms with Gasteiger partial charge in [-0.2, -0.15) is 0 Å². The molecule has 0 bridgehead atoms. The zero-order chi connectivity index (χ0) is 12.4. The lowest BCUT2D eigenvalue weighted by atomic mass is 10.0. The fourth-order valence-electron chi connectivity index (χ4n) is 1.73. The second kappa shape index (κ2) is 4.41. The van der Waals surface area contributed by atoms with E-state index in [1.807, 2.05) is 13.0 Å². The second-order valence-corrected chi connectivity index (χ2v) is 3.90. The Labute approximate surface area is 99.9 Å². The van der Waals surface area contributed by atoms with Gasteiger partial charge in [0.1, 0.15) is 11.4 Å². The van der Waals surface area contributed by atoms with Gasteiger partial charge >= 0.3 is 0 Å². The first kappa shape index (κ1) is 11.4. The molecule has 0 spiro atoms. The van der Waals surface area contributed by atoms with Crippen LogP contribution in [0.25, 0.3) is 0 Å². The molecular weight excluding hydrogens is 216 g/mol. The van der Waals surface area contributed by atoms with Crippen molar-refractivity contribution in [1.82, 2.24) is 9.55 Å². The number of methoxy groups -OCH3 is 1. The van der Waals surface area contributed by atoms with Crippen molar-refractivity contribution in [2.75, 3.05) is 7.11 Å². The molecule has 2 aromatic rings. The Kier molecular flexibility index (Phi) is 2.95. The Balaban J connectivity index is 2.41. The Morgan fingerprint density at radius 3 is 2.71 bits per heavy atom. The van der Waals surface area contributed by atoms with Crippen LogP contribution in [0.15, 0.2) is 30.7 Å². The molecule has 88 valence electrons. The van der Waals surface area contributed by atoms with E-state index in [1.54, 1.807) is 43.4 Å². The van der Waals surface area contributed by atoms with E-state index in [0.29, 0.717) is 11.3 Å². The van der Waals surface area contributed by atoms with Crippen molar-refractivity contribution in [3.63, 3.8) is 0 Å². The molecule has 2 rings (SSSR count). The van der Waals surface area contributed by atoms with Crippen molar-refractivity contribution < 1.29 is 9.53 Å². The molecule has 0 unspecified atom stereocenters. The molecule has 1 aromatic heterocycles. The summed E-state index contributed by atoms with van der Waals surface area (Å²) in [5.74, 6) is 0.731. The quantitative estimate of drug-likeness (QED) is 0.757. The van der Waals surface area contributed by atoms with Gasteiger partial charge in [0, 0.05) is 12.6 Å². The minimum Gasteiger partial charge on any atom is -0.497 e. The Hall–Kier alpha value is -2.10. The molecule has 0 N–H and O–H groups in total. The summed E-state index contributed by atoms with van der Waals surface area (Å²) >= 11 is 0. The number of rotatable bonds is 3. The number of nitrogens with zero attached hydrogens (tertiary/aromatic N) is 2. The molecule has 4 nitrogen and oxygen atoms in total. The largest absolute Gasteiger partial charge is 0.497 e.